The van der Waals surface area contributed by atoms with Gasteiger partial charge in [-0.3, -0.25) is 0 Å². The summed E-state index contributed by atoms with van der Waals surface area (Å²) in [6, 6.07) is 8.02. The summed E-state index contributed by atoms with van der Waals surface area (Å²) in [6.45, 7) is 0. The molecule has 2 aromatic carbocycles. The highest BCUT2D eigenvalue weighted by molar-refractivity contribution is 7.51. The summed E-state index contributed by atoms with van der Waals surface area (Å²) in [6.07, 6.45) is 0. The van der Waals surface area contributed by atoms with Crippen LogP contribution in [-0.4, -0.2) is 39.1 Å². The lowest BCUT2D eigenvalue weighted by atomic mass is 10.3. The van der Waals surface area contributed by atoms with E-state index < -0.39 is 23.1 Å². The molecular formula is C12H12O8S. The number of phenolic OH excluding ortho intramolecular Hbond substituents is 6. The van der Waals surface area contributed by atoms with Crippen LogP contribution < -0.4 is 0 Å². The highest BCUT2D eigenvalue weighted by Gasteiger charge is 2.01. The zero-order valence-corrected chi connectivity index (χ0v) is 11.2. The summed E-state index contributed by atoms with van der Waals surface area (Å²) in [4.78, 5) is 0. The lowest BCUT2D eigenvalue weighted by Gasteiger charge is -1.96. The minimum absolute atomic E-state index is 0.310. The molecule has 2 rings (SSSR count). The smallest absolute Gasteiger partial charge is 0.335 e. The first-order valence-electron chi connectivity index (χ1n) is 5.16. The summed E-state index contributed by atoms with van der Waals surface area (Å²) >= 11 is -0.750. The lowest BCUT2D eigenvalue weighted by molar-refractivity contribution is 0.368. The Morgan fingerprint density at radius 1 is 0.571 bits per heavy atom. The molecule has 0 atom stereocenters. The molecule has 0 aliphatic carbocycles. The first kappa shape index (κ1) is 18.1. The molecule has 0 bridgehead atoms. The number of hydrogen-bond donors (Lipinski definition) is 6. The second kappa shape index (κ2) is 9.04. The van der Waals surface area contributed by atoms with Gasteiger partial charge in [-0.15, -0.1) is 0 Å². The predicted octanol–water partition coefficient (Wildman–Crippen LogP) is 0.937. The molecule has 0 radical (unpaired) electrons. The molecule has 0 aliphatic rings. The van der Waals surface area contributed by atoms with E-state index in [1.165, 1.54) is 36.4 Å². The molecule has 0 heterocycles. The van der Waals surface area contributed by atoms with E-state index in [4.69, 9.17) is 39.1 Å². The van der Waals surface area contributed by atoms with Crippen molar-refractivity contribution in [3.05, 3.63) is 36.4 Å². The van der Waals surface area contributed by atoms with Gasteiger partial charge in [0.1, 0.15) is 0 Å². The summed E-state index contributed by atoms with van der Waals surface area (Å²) < 4.78 is 16.6. The number of benzene rings is 2. The average molecular weight is 316 g/mol. The molecule has 9 heteroatoms. The largest absolute Gasteiger partial charge is 0.504 e. The maximum atomic E-state index is 8.71. The molecule has 6 N–H and O–H groups in total. The average Bonchev–Trinajstić information content (AvgIpc) is 2.44. The van der Waals surface area contributed by atoms with Crippen molar-refractivity contribution in [3.63, 3.8) is 0 Å². The highest BCUT2D eigenvalue weighted by atomic mass is 32.1. The van der Waals surface area contributed by atoms with Crippen LogP contribution in [0.1, 0.15) is 0 Å². The molecule has 0 aliphatic heterocycles. The third kappa shape index (κ3) is 6.16. The maximum absolute atomic E-state index is 8.71. The van der Waals surface area contributed by atoms with Crippen molar-refractivity contribution in [2.75, 3.05) is 0 Å². The molecule has 21 heavy (non-hydrogen) atoms. The molecule has 0 spiro atoms. The highest BCUT2D eigenvalue weighted by Crippen LogP contribution is 2.33. The van der Waals surface area contributed by atoms with Crippen LogP contribution >= 0.6 is 0 Å². The van der Waals surface area contributed by atoms with E-state index in [2.05, 4.69) is 0 Å². The molecule has 0 aromatic heterocycles. The van der Waals surface area contributed by atoms with Crippen molar-refractivity contribution in [1.29, 1.82) is 0 Å². The topological polar surface area (TPSA) is 156 Å². The van der Waals surface area contributed by atoms with Gasteiger partial charge in [0.05, 0.1) is 0 Å². The molecule has 0 saturated heterocycles. The quantitative estimate of drug-likeness (QED) is 0.392. The first-order chi connectivity index (χ1) is 9.84. The third-order valence-corrected chi connectivity index (χ3v) is 1.99. The van der Waals surface area contributed by atoms with Crippen molar-refractivity contribution in [2.45, 2.75) is 0 Å². The number of phenols is 6. The second-order valence-electron chi connectivity index (χ2n) is 3.36. The Morgan fingerprint density at radius 3 is 0.905 bits per heavy atom. The monoisotopic (exact) mass is 316 g/mol. The van der Waals surface area contributed by atoms with Gasteiger partial charge in [-0.05, 0) is 24.3 Å². The van der Waals surface area contributed by atoms with E-state index in [0.717, 1.165) is 0 Å². The molecule has 0 saturated carbocycles. The van der Waals surface area contributed by atoms with Crippen LogP contribution in [0, 0.1) is 0 Å². The minimum Gasteiger partial charge on any atom is -0.504 e. The predicted molar refractivity (Wildman–Crippen MR) is 71.8 cm³/mol. The van der Waals surface area contributed by atoms with Crippen molar-refractivity contribution in [3.8, 4) is 34.5 Å². The van der Waals surface area contributed by atoms with Crippen LogP contribution in [0.3, 0.4) is 0 Å². The van der Waals surface area contributed by atoms with Crippen LogP contribution in [0.4, 0.5) is 0 Å². The van der Waals surface area contributed by atoms with Gasteiger partial charge < -0.3 is 30.6 Å². The fourth-order valence-corrected chi connectivity index (χ4v) is 1.04. The zero-order valence-electron chi connectivity index (χ0n) is 10.4. The first-order valence-corrected chi connectivity index (χ1v) is 5.83. The van der Waals surface area contributed by atoms with Gasteiger partial charge in [0.15, 0.2) is 34.5 Å². The fraction of sp³-hybridized carbons (Fsp3) is 0. The Kier molecular flexibility index (Phi) is 7.78. The van der Waals surface area contributed by atoms with E-state index in [9.17, 15) is 0 Å². The summed E-state index contributed by atoms with van der Waals surface area (Å²) in [5, 5.41) is 52.2. The molecule has 0 unspecified atom stereocenters. The van der Waals surface area contributed by atoms with Gasteiger partial charge in [0.25, 0.3) is 0 Å². The number of rotatable bonds is 0. The zero-order chi connectivity index (χ0) is 16.4. The third-order valence-electron chi connectivity index (χ3n) is 1.99. The van der Waals surface area contributed by atoms with Gasteiger partial charge in [0.2, 0.25) is 0 Å². The summed E-state index contributed by atoms with van der Waals surface area (Å²) in [5.41, 5.74) is 0. The van der Waals surface area contributed by atoms with E-state index in [1.54, 1.807) is 0 Å². The van der Waals surface area contributed by atoms with E-state index in [0.29, 0.717) is 0 Å². The Morgan fingerprint density at radius 2 is 0.762 bits per heavy atom. The molecule has 0 amide bonds. The normalized spacial score (nSPS) is 8.57. The van der Waals surface area contributed by atoms with Crippen LogP contribution in [0.15, 0.2) is 36.4 Å². The standard InChI is InChI=1S/2C6H6O3.O2S/c2*7-4-2-1-3-5(8)6(4)9;1-3-2/h2*1-3,7-9H;. The van der Waals surface area contributed by atoms with Gasteiger partial charge in [-0.25, -0.2) is 0 Å². The lowest BCUT2D eigenvalue weighted by Crippen LogP contribution is -1.67. The van der Waals surface area contributed by atoms with E-state index in [-0.39, 0.29) is 23.0 Å². The fourth-order valence-electron chi connectivity index (χ4n) is 1.04. The SMILES string of the molecule is O=S=O.Oc1cccc(O)c1O.Oc1cccc(O)c1O. The van der Waals surface area contributed by atoms with Gasteiger partial charge in [0, 0.05) is 0 Å². The Labute approximate surface area is 122 Å². The van der Waals surface area contributed by atoms with Crippen molar-refractivity contribution in [1.82, 2.24) is 0 Å². The Balaban J connectivity index is 0.000000322. The summed E-state index contributed by atoms with van der Waals surface area (Å²) in [7, 11) is 0. The molecule has 8 nitrogen and oxygen atoms in total. The maximum Gasteiger partial charge on any atom is 0.335 e. The van der Waals surface area contributed by atoms with Crippen LogP contribution in [0.25, 0.3) is 0 Å². The number of hydrogen-bond acceptors (Lipinski definition) is 8. The number of para-hydroxylation sites is 2. The van der Waals surface area contributed by atoms with Crippen LogP contribution in [-0.2, 0) is 11.6 Å². The van der Waals surface area contributed by atoms with E-state index >= 15 is 0 Å². The van der Waals surface area contributed by atoms with Gasteiger partial charge in [-0.1, -0.05) is 12.1 Å². The Hall–Kier alpha value is -2.94. The second-order valence-corrected chi connectivity index (χ2v) is 3.49. The van der Waals surface area contributed by atoms with Crippen LogP contribution in [0.2, 0.25) is 0 Å². The van der Waals surface area contributed by atoms with Crippen molar-refractivity contribution >= 4 is 11.6 Å². The van der Waals surface area contributed by atoms with E-state index in [1.807, 2.05) is 0 Å². The van der Waals surface area contributed by atoms with Crippen molar-refractivity contribution in [2.24, 2.45) is 0 Å². The molecule has 114 valence electrons. The summed E-state index contributed by atoms with van der Waals surface area (Å²) in [5.74, 6) is -2.19. The molecule has 2 aromatic rings. The molecule has 0 fully saturated rings. The molecular weight excluding hydrogens is 304 g/mol. The van der Waals surface area contributed by atoms with Crippen LogP contribution in [0.5, 0.6) is 34.5 Å². The van der Waals surface area contributed by atoms with Gasteiger partial charge in [-0.2, -0.15) is 8.42 Å². The van der Waals surface area contributed by atoms with Crippen molar-refractivity contribution < 1.29 is 39.1 Å². The minimum atomic E-state index is -0.750. The Bertz CT molecular complexity index is 533. The van der Waals surface area contributed by atoms with Gasteiger partial charge >= 0.3 is 11.6 Å². The number of aromatic hydroxyl groups is 6.